The van der Waals surface area contributed by atoms with Crippen molar-refractivity contribution in [1.82, 2.24) is 5.32 Å². The number of methoxy groups -OCH3 is 2. The van der Waals surface area contributed by atoms with E-state index < -0.39 is 15.9 Å². The van der Waals surface area contributed by atoms with E-state index in [1.807, 2.05) is 31.2 Å². The summed E-state index contributed by atoms with van der Waals surface area (Å²) in [5, 5.41) is 2.86. The van der Waals surface area contributed by atoms with Crippen LogP contribution < -0.4 is 19.1 Å². The number of rotatable bonds is 9. The highest BCUT2D eigenvalue weighted by molar-refractivity contribution is 7.92. The molecule has 0 saturated carbocycles. The zero-order chi connectivity index (χ0) is 21.6. The maximum atomic E-state index is 12.6. The molecule has 0 unspecified atom stereocenters. The molecule has 1 amide bonds. The van der Waals surface area contributed by atoms with Crippen molar-refractivity contribution in [1.29, 1.82) is 0 Å². The van der Waals surface area contributed by atoms with E-state index in [1.165, 1.54) is 19.8 Å². The summed E-state index contributed by atoms with van der Waals surface area (Å²) >= 11 is 0. The molecule has 0 bridgehead atoms. The minimum Gasteiger partial charge on any atom is -0.497 e. The van der Waals surface area contributed by atoms with Gasteiger partial charge in [-0.05, 0) is 36.6 Å². The van der Waals surface area contributed by atoms with Gasteiger partial charge in [0.1, 0.15) is 18.0 Å². The number of carbonyl (C=O) groups excluding carboxylic acids is 1. The highest BCUT2D eigenvalue weighted by atomic mass is 32.2. The normalized spacial score (nSPS) is 12.2. The monoisotopic (exact) mass is 420 g/mol. The maximum Gasteiger partial charge on any atom is 0.241 e. The number of nitrogens with zero attached hydrogens (tertiary/aromatic N) is 1. The van der Waals surface area contributed by atoms with Crippen molar-refractivity contribution in [2.45, 2.75) is 26.3 Å². The summed E-state index contributed by atoms with van der Waals surface area (Å²) in [7, 11) is -0.787. The van der Waals surface area contributed by atoms with Gasteiger partial charge in [-0.1, -0.05) is 31.2 Å². The van der Waals surface area contributed by atoms with Crippen LogP contribution in [0.4, 0.5) is 5.69 Å². The summed E-state index contributed by atoms with van der Waals surface area (Å²) in [6, 6.07) is 12.4. The summed E-state index contributed by atoms with van der Waals surface area (Å²) in [6.07, 6.45) is 1.99. The first-order valence-electron chi connectivity index (χ1n) is 9.27. The van der Waals surface area contributed by atoms with Crippen molar-refractivity contribution in [2.75, 3.05) is 31.3 Å². The van der Waals surface area contributed by atoms with Gasteiger partial charge in [-0.2, -0.15) is 0 Å². The summed E-state index contributed by atoms with van der Waals surface area (Å²) in [5.41, 5.74) is 2.43. The molecule has 0 fully saturated rings. The topological polar surface area (TPSA) is 84.9 Å². The first kappa shape index (κ1) is 22.5. The summed E-state index contributed by atoms with van der Waals surface area (Å²) in [5.74, 6) is 0.402. The minimum atomic E-state index is -3.72. The van der Waals surface area contributed by atoms with E-state index in [0.717, 1.165) is 22.5 Å². The predicted molar refractivity (Wildman–Crippen MR) is 114 cm³/mol. The van der Waals surface area contributed by atoms with E-state index in [9.17, 15) is 13.2 Å². The Bertz CT molecular complexity index is 942. The third-order valence-corrected chi connectivity index (χ3v) is 5.74. The Morgan fingerprint density at radius 2 is 1.76 bits per heavy atom. The lowest BCUT2D eigenvalue weighted by Gasteiger charge is -2.25. The van der Waals surface area contributed by atoms with Gasteiger partial charge in [0.2, 0.25) is 15.9 Å². The van der Waals surface area contributed by atoms with Crippen LogP contribution in [0, 0.1) is 0 Å². The second-order valence-corrected chi connectivity index (χ2v) is 8.60. The fourth-order valence-corrected chi connectivity index (χ4v) is 3.77. The fourth-order valence-electron chi connectivity index (χ4n) is 2.91. The van der Waals surface area contributed by atoms with E-state index in [2.05, 4.69) is 12.2 Å². The number of carbonyl (C=O) groups is 1. The zero-order valence-electron chi connectivity index (χ0n) is 17.4. The van der Waals surface area contributed by atoms with Crippen molar-refractivity contribution < 1.29 is 22.7 Å². The largest absolute Gasteiger partial charge is 0.497 e. The molecule has 0 aliphatic heterocycles. The second kappa shape index (κ2) is 9.65. The zero-order valence-corrected chi connectivity index (χ0v) is 18.2. The summed E-state index contributed by atoms with van der Waals surface area (Å²) in [6.45, 7) is 3.57. The molecule has 158 valence electrons. The SMILES string of the molecule is CCc1ccc([C@H](C)NC(=O)CN(c2ccc(OC)cc2OC)S(C)(=O)=O)cc1. The molecule has 2 rings (SSSR count). The number of hydrogen-bond donors (Lipinski definition) is 1. The molecule has 1 atom stereocenters. The Labute approximate surface area is 172 Å². The molecule has 0 aromatic heterocycles. The number of nitrogens with one attached hydrogen (secondary N) is 1. The number of amides is 1. The summed E-state index contributed by atoms with van der Waals surface area (Å²) < 4.78 is 36.2. The van der Waals surface area contributed by atoms with Gasteiger partial charge in [-0.3, -0.25) is 9.10 Å². The number of ether oxygens (including phenoxy) is 2. The molecular formula is C21H28N2O5S. The van der Waals surface area contributed by atoms with Crippen LogP contribution in [0.5, 0.6) is 11.5 Å². The molecule has 8 heteroatoms. The summed E-state index contributed by atoms with van der Waals surface area (Å²) in [4.78, 5) is 12.6. The molecule has 7 nitrogen and oxygen atoms in total. The first-order chi connectivity index (χ1) is 13.7. The quantitative estimate of drug-likeness (QED) is 0.674. The molecular weight excluding hydrogens is 392 g/mol. The number of hydrogen-bond acceptors (Lipinski definition) is 5. The van der Waals surface area contributed by atoms with Crippen LogP contribution in [-0.4, -0.2) is 41.3 Å². The lowest BCUT2D eigenvalue weighted by atomic mass is 10.1. The predicted octanol–water partition coefficient (Wildman–Crippen LogP) is 2.91. The van der Waals surface area contributed by atoms with E-state index in [-0.39, 0.29) is 18.3 Å². The van der Waals surface area contributed by atoms with Crippen LogP contribution in [0.15, 0.2) is 42.5 Å². The van der Waals surface area contributed by atoms with Crippen molar-refractivity contribution in [3.63, 3.8) is 0 Å². The van der Waals surface area contributed by atoms with Gasteiger partial charge < -0.3 is 14.8 Å². The van der Waals surface area contributed by atoms with Crippen LogP contribution in [0.2, 0.25) is 0 Å². The standard InChI is InChI=1S/C21H28N2O5S/c1-6-16-7-9-17(10-8-16)15(2)22-21(24)14-23(29(5,25)26)19-12-11-18(27-3)13-20(19)28-4/h7-13,15H,6,14H2,1-5H3,(H,22,24)/t15-/m0/s1. The van der Waals surface area contributed by atoms with Gasteiger partial charge in [-0.25, -0.2) is 8.42 Å². The second-order valence-electron chi connectivity index (χ2n) is 6.69. The molecule has 0 saturated heterocycles. The van der Waals surface area contributed by atoms with Gasteiger partial charge in [-0.15, -0.1) is 0 Å². The van der Waals surface area contributed by atoms with Gasteiger partial charge >= 0.3 is 0 Å². The fraction of sp³-hybridized carbons (Fsp3) is 0.381. The molecule has 0 spiro atoms. The van der Waals surface area contributed by atoms with Crippen molar-refractivity contribution in [3.8, 4) is 11.5 Å². The van der Waals surface area contributed by atoms with Crippen molar-refractivity contribution >= 4 is 21.6 Å². The van der Waals surface area contributed by atoms with E-state index in [1.54, 1.807) is 18.2 Å². The van der Waals surface area contributed by atoms with Crippen molar-refractivity contribution in [2.24, 2.45) is 0 Å². The Balaban J connectivity index is 2.21. The smallest absolute Gasteiger partial charge is 0.241 e. The van der Waals surface area contributed by atoms with E-state index >= 15 is 0 Å². The Morgan fingerprint density at radius 3 is 2.28 bits per heavy atom. The Morgan fingerprint density at radius 1 is 1.10 bits per heavy atom. The number of aryl methyl sites for hydroxylation is 1. The molecule has 0 aliphatic rings. The van der Waals surface area contributed by atoms with Crippen molar-refractivity contribution in [3.05, 3.63) is 53.6 Å². The maximum absolute atomic E-state index is 12.6. The minimum absolute atomic E-state index is 0.257. The van der Waals surface area contributed by atoms with Gasteiger partial charge in [0.25, 0.3) is 0 Å². The third kappa shape index (κ3) is 5.87. The number of anilines is 1. The average Bonchev–Trinajstić information content (AvgIpc) is 2.70. The molecule has 1 N–H and O–H groups in total. The molecule has 2 aromatic rings. The Kier molecular flexibility index (Phi) is 7.50. The number of sulfonamides is 1. The lowest BCUT2D eigenvalue weighted by molar-refractivity contribution is -0.120. The van der Waals surface area contributed by atoms with E-state index in [4.69, 9.17) is 9.47 Å². The molecule has 0 aliphatic carbocycles. The molecule has 2 aromatic carbocycles. The van der Waals surface area contributed by atoms with Gasteiger partial charge in [0, 0.05) is 6.07 Å². The average molecular weight is 421 g/mol. The number of benzene rings is 2. The van der Waals surface area contributed by atoms with Crippen LogP contribution in [0.1, 0.15) is 31.0 Å². The lowest BCUT2D eigenvalue weighted by Crippen LogP contribution is -2.41. The highest BCUT2D eigenvalue weighted by Crippen LogP contribution is 2.33. The van der Waals surface area contributed by atoms with E-state index in [0.29, 0.717) is 11.5 Å². The van der Waals surface area contributed by atoms with Crippen LogP contribution in [0.25, 0.3) is 0 Å². The Hall–Kier alpha value is -2.74. The van der Waals surface area contributed by atoms with Gasteiger partial charge in [0.15, 0.2) is 0 Å². The third-order valence-electron chi connectivity index (χ3n) is 4.61. The van der Waals surface area contributed by atoms with Crippen LogP contribution >= 0.6 is 0 Å². The van der Waals surface area contributed by atoms with Gasteiger partial charge in [0.05, 0.1) is 32.2 Å². The molecule has 0 heterocycles. The highest BCUT2D eigenvalue weighted by Gasteiger charge is 2.25. The van der Waals surface area contributed by atoms with Crippen LogP contribution in [0.3, 0.4) is 0 Å². The van der Waals surface area contributed by atoms with Crippen LogP contribution in [-0.2, 0) is 21.2 Å². The first-order valence-corrected chi connectivity index (χ1v) is 11.1. The molecule has 29 heavy (non-hydrogen) atoms. The molecule has 0 radical (unpaired) electrons.